The number of halogens is 1. The van der Waals surface area contributed by atoms with E-state index in [1.54, 1.807) is 42.5 Å². The summed E-state index contributed by atoms with van der Waals surface area (Å²) < 4.78 is 21.4. The maximum Gasteiger partial charge on any atom is 0.343 e. The molecule has 0 saturated heterocycles. The number of nitrogens with two attached hydrogens (primary N) is 1. The molecule has 0 aromatic heterocycles. The van der Waals surface area contributed by atoms with Crippen LogP contribution in [0.5, 0.6) is 23.0 Å². The maximum absolute atomic E-state index is 13.0. The highest BCUT2D eigenvalue weighted by Gasteiger charge is 2.23. The largest absolute Gasteiger partial charge is 0.493 e. The van der Waals surface area contributed by atoms with Crippen LogP contribution in [0.2, 0.25) is 5.02 Å². The van der Waals surface area contributed by atoms with Crippen LogP contribution in [0.4, 0.5) is 0 Å². The lowest BCUT2D eigenvalue weighted by Crippen LogP contribution is -2.20. The van der Waals surface area contributed by atoms with Crippen LogP contribution >= 0.6 is 11.6 Å². The van der Waals surface area contributed by atoms with E-state index >= 15 is 0 Å². The smallest absolute Gasteiger partial charge is 0.343 e. The minimum Gasteiger partial charge on any atom is -0.493 e. The zero-order valence-electron chi connectivity index (χ0n) is 18.1. The van der Waals surface area contributed by atoms with Crippen LogP contribution in [0.25, 0.3) is 0 Å². The molecule has 3 rings (SSSR count). The van der Waals surface area contributed by atoms with Gasteiger partial charge in [-0.2, -0.15) is 5.10 Å². The molecule has 0 aliphatic rings. The quantitative estimate of drug-likeness (QED) is 0.132. The van der Waals surface area contributed by atoms with Crippen LogP contribution in [-0.2, 0) is 0 Å². The molecule has 0 saturated carbocycles. The number of esters is 1. The van der Waals surface area contributed by atoms with Gasteiger partial charge < -0.3 is 24.8 Å². The van der Waals surface area contributed by atoms with Crippen molar-refractivity contribution in [3.63, 3.8) is 0 Å². The number of benzene rings is 3. The van der Waals surface area contributed by atoms with Crippen molar-refractivity contribution in [1.29, 1.82) is 0 Å². The zero-order valence-corrected chi connectivity index (χ0v) is 18.9. The Morgan fingerprint density at radius 1 is 0.818 bits per heavy atom. The van der Waals surface area contributed by atoms with Crippen molar-refractivity contribution in [3.05, 3.63) is 82.4 Å². The number of carbonyl (C=O) groups excluding carboxylic acids is 2. The van der Waals surface area contributed by atoms with E-state index in [1.165, 1.54) is 39.5 Å². The average molecular weight is 469 g/mol. The fourth-order valence-electron chi connectivity index (χ4n) is 3.10. The topological polar surface area (TPSA) is 109 Å². The van der Waals surface area contributed by atoms with E-state index in [9.17, 15) is 9.59 Å². The normalized spacial score (nSPS) is 11.0. The van der Waals surface area contributed by atoms with Crippen molar-refractivity contribution in [2.24, 2.45) is 10.9 Å². The van der Waals surface area contributed by atoms with Crippen LogP contribution in [0.1, 0.15) is 26.3 Å². The fraction of sp³-hybridized carbons (Fsp3) is 0.125. The van der Waals surface area contributed by atoms with E-state index in [0.717, 1.165) is 0 Å². The molecular weight excluding hydrogens is 448 g/mol. The van der Waals surface area contributed by atoms with Gasteiger partial charge in [0.05, 0.1) is 26.9 Å². The number of hydrazone groups is 1. The number of carbonyl (C=O) groups is 2. The van der Waals surface area contributed by atoms with E-state index in [2.05, 4.69) is 5.10 Å². The van der Waals surface area contributed by atoms with Gasteiger partial charge in [0.2, 0.25) is 11.5 Å². The Morgan fingerprint density at radius 2 is 1.42 bits per heavy atom. The Labute approximate surface area is 195 Å². The van der Waals surface area contributed by atoms with Crippen molar-refractivity contribution < 1.29 is 28.5 Å². The second-order valence-corrected chi connectivity index (χ2v) is 7.05. The number of nitrogens with zero attached hydrogens (tertiary/aromatic N) is 1. The summed E-state index contributed by atoms with van der Waals surface area (Å²) in [7, 11) is 4.34. The molecule has 0 radical (unpaired) electrons. The molecule has 9 heteroatoms. The summed E-state index contributed by atoms with van der Waals surface area (Å²) in [4.78, 5) is 25.9. The molecule has 0 unspecified atom stereocenters. The first-order valence-corrected chi connectivity index (χ1v) is 10.0. The van der Waals surface area contributed by atoms with Crippen LogP contribution in [-0.4, -0.2) is 38.8 Å². The number of hydrogen-bond acceptors (Lipinski definition) is 8. The molecular formula is C24H21ClN2O6. The van der Waals surface area contributed by atoms with E-state index in [0.29, 0.717) is 27.8 Å². The molecule has 0 heterocycles. The second-order valence-electron chi connectivity index (χ2n) is 6.61. The third-order valence-corrected chi connectivity index (χ3v) is 4.95. The monoisotopic (exact) mass is 468 g/mol. The molecule has 0 spiro atoms. The molecule has 0 fully saturated rings. The lowest BCUT2D eigenvalue weighted by molar-refractivity contribution is 0.0733. The summed E-state index contributed by atoms with van der Waals surface area (Å²) in [6.45, 7) is 0. The first kappa shape index (κ1) is 23.6. The van der Waals surface area contributed by atoms with Gasteiger partial charge >= 0.3 is 5.97 Å². The highest BCUT2D eigenvalue weighted by molar-refractivity contribution is 6.52. The number of ether oxygens (including phenoxy) is 4. The Bertz CT molecular complexity index is 1180. The molecule has 170 valence electrons. The van der Waals surface area contributed by atoms with E-state index in [4.69, 9.17) is 36.4 Å². The lowest BCUT2D eigenvalue weighted by Gasteiger charge is -2.15. The van der Waals surface area contributed by atoms with Gasteiger partial charge in [-0.1, -0.05) is 23.7 Å². The van der Waals surface area contributed by atoms with Gasteiger partial charge in [0.15, 0.2) is 11.5 Å². The van der Waals surface area contributed by atoms with E-state index in [1.807, 2.05) is 0 Å². The number of para-hydroxylation sites is 1. The fourth-order valence-corrected chi connectivity index (χ4v) is 3.22. The minimum absolute atomic E-state index is 0.0781. The van der Waals surface area contributed by atoms with Crippen molar-refractivity contribution in [3.8, 4) is 23.0 Å². The number of methoxy groups -OCH3 is 3. The SMILES string of the molecule is COc1cc(C(=O)Oc2ccccc2/C(=N\N)C(=O)c2ccc(Cl)cc2)cc(OC)c1OC. The highest BCUT2D eigenvalue weighted by Crippen LogP contribution is 2.38. The first-order valence-electron chi connectivity index (χ1n) is 9.63. The van der Waals surface area contributed by atoms with Gasteiger partial charge in [0.1, 0.15) is 11.5 Å². The number of rotatable bonds is 8. The third-order valence-electron chi connectivity index (χ3n) is 4.70. The molecule has 3 aromatic rings. The molecule has 3 aromatic carbocycles. The number of ketones is 1. The Kier molecular flexibility index (Phi) is 7.53. The Balaban J connectivity index is 1.96. The second kappa shape index (κ2) is 10.5. The van der Waals surface area contributed by atoms with Crippen LogP contribution in [0, 0.1) is 0 Å². The summed E-state index contributed by atoms with van der Waals surface area (Å²) >= 11 is 5.90. The molecule has 0 amide bonds. The van der Waals surface area contributed by atoms with Crippen LogP contribution < -0.4 is 24.8 Å². The van der Waals surface area contributed by atoms with Crippen molar-refractivity contribution in [2.75, 3.05) is 21.3 Å². The molecule has 8 nitrogen and oxygen atoms in total. The molecule has 0 aliphatic carbocycles. The maximum atomic E-state index is 13.0. The van der Waals surface area contributed by atoms with Crippen molar-refractivity contribution in [1.82, 2.24) is 0 Å². The van der Waals surface area contributed by atoms with Gasteiger partial charge in [-0.15, -0.1) is 0 Å². The molecule has 0 atom stereocenters. The predicted octanol–water partition coefficient (Wildman–Crippen LogP) is 4.13. The van der Waals surface area contributed by atoms with Crippen LogP contribution in [0.3, 0.4) is 0 Å². The summed E-state index contributed by atoms with van der Waals surface area (Å²) in [6, 6.07) is 15.6. The standard InChI is InChI=1S/C24H21ClN2O6/c1-30-19-12-15(13-20(31-2)23(19)32-3)24(29)33-18-7-5-4-6-17(18)21(27-26)22(28)14-8-10-16(25)11-9-14/h4-13H,26H2,1-3H3/b27-21+. The van der Waals surface area contributed by atoms with Gasteiger partial charge in [-0.05, 0) is 48.5 Å². The van der Waals surface area contributed by atoms with Crippen molar-refractivity contribution in [2.45, 2.75) is 0 Å². The van der Waals surface area contributed by atoms with Gasteiger partial charge in [0, 0.05) is 16.1 Å². The molecule has 33 heavy (non-hydrogen) atoms. The van der Waals surface area contributed by atoms with E-state index in [-0.39, 0.29) is 22.6 Å². The minimum atomic E-state index is -0.711. The zero-order chi connectivity index (χ0) is 24.0. The highest BCUT2D eigenvalue weighted by atomic mass is 35.5. The summed E-state index contributed by atoms with van der Waals surface area (Å²) in [5.41, 5.74) is 0.648. The van der Waals surface area contributed by atoms with Gasteiger partial charge in [-0.25, -0.2) is 4.79 Å². The summed E-state index contributed by atoms with van der Waals surface area (Å²) in [5, 5.41) is 4.15. The van der Waals surface area contributed by atoms with Gasteiger partial charge in [0.25, 0.3) is 0 Å². The van der Waals surface area contributed by atoms with Crippen molar-refractivity contribution >= 4 is 29.1 Å². The summed E-state index contributed by atoms with van der Waals surface area (Å²) in [5.74, 6) is 5.40. The summed E-state index contributed by atoms with van der Waals surface area (Å²) in [6.07, 6.45) is 0. The number of Topliss-reactive ketones (excluding diaryl/α,β-unsaturated/α-hetero) is 1. The van der Waals surface area contributed by atoms with Gasteiger partial charge in [-0.3, -0.25) is 4.79 Å². The Hall–Kier alpha value is -4.04. The van der Waals surface area contributed by atoms with Crippen LogP contribution in [0.15, 0.2) is 65.8 Å². The average Bonchev–Trinajstić information content (AvgIpc) is 2.84. The van der Waals surface area contributed by atoms with E-state index < -0.39 is 11.8 Å². The Morgan fingerprint density at radius 3 is 1.97 bits per heavy atom. The third kappa shape index (κ3) is 5.07. The molecule has 2 N–H and O–H groups in total. The molecule has 0 bridgehead atoms. The lowest BCUT2D eigenvalue weighted by atomic mass is 10.00. The predicted molar refractivity (Wildman–Crippen MR) is 124 cm³/mol. The first-order chi connectivity index (χ1) is 15.9. The molecule has 0 aliphatic heterocycles. The number of hydrogen-bond donors (Lipinski definition) is 1.